The molecule has 0 spiro atoms. The van der Waals surface area contributed by atoms with Gasteiger partial charge in [-0.15, -0.1) is 0 Å². The number of likely N-dealkylation sites (N-methyl/N-ethyl adjacent to an activating group) is 1. The Morgan fingerprint density at radius 2 is 1.74 bits per heavy atom. The second-order valence-electron chi connectivity index (χ2n) is 10.3. The van der Waals surface area contributed by atoms with Crippen LogP contribution in [0, 0.1) is 17.4 Å². The number of carbonyl (C=O) groups excluding carboxylic acids is 1. The van der Waals surface area contributed by atoms with Crippen LogP contribution in [0.1, 0.15) is 49.3 Å². The van der Waals surface area contributed by atoms with Gasteiger partial charge >= 0.3 is 0 Å². The quantitative estimate of drug-likeness (QED) is 0.238. The number of ether oxygens (including phenoxy) is 2. The number of fused-ring (bicyclic) bond motifs is 1. The number of hydrogen-bond acceptors (Lipinski definition) is 6. The van der Waals surface area contributed by atoms with E-state index in [-0.39, 0.29) is 11.5 Å². The highest BCUT2D eigenvalue weighted by atomic mass is 127. The smallest absolute Gasteiger partial charge is 0.271 e. The Morgan fingerprint density at radius 3 is 2.37 bits per heavy atom. The molecule has 0 aliphatic carbocycles. The predicted molar refractivity (Wildman–Crippen MR) is 179 cm³/mol. The third kappa shape index (κ3) is 5.58. The number of methoxy groups -OCH3 is 2. The van der Waals surface area contributed by atoms with Crippen molar-refractivity contribution in [3.05, 3.63) is 106 Å². The summed E-state index contributed by atoms with van der Waals surface area (Å²) in [6.07, 6.45) is 1.93. The molecule has 0 saturated carbocycles. The van der Waals surface area contributed by atoms with Gasteiger partial charge in [-0.25, -0.2) is 4.99 Å². The van der Waals surface area contributed by atoms with Gasteiger partial charge in [-0.3, -0.25) is 14.2 Å². The van der Waals surface area contributed by atoms with Crippen LogP contribution in [0.15, 0.2) is 69.6 Å². The van der Waals surface area contributed by atoms with E-state index in [1.54, 1.807) is 35.8 Å². The molecule has 1 atom stereocenters. The van der Waals surface area contributed by atoms with Crippen molar-refractivity contribution < 1.29 is 14.3 Å². The molecule has 1 aliphatic heterocycles. The summed E-state index contributed by atoms with van der Waals surface area (Å²) in [5, 5.41) is 0. The number of hydrogen-bond donors (Lipinski definition) is 0. The van der Waals surface area contributed by atoms with Crippen molar-refractivity contribution in [2.24, 2.45) is 4.99 Å². The number of thiazole rings is 1. The van der Waals surface area contributed by atoms with Crippen LogP contribution >= 0.6 is 33.9 Å². The number of allylic oxidation sites excluding steroid dienone is 1. The van der Waals surface area contributed by atoms with E-state index in [0.717, 1.165) is 22.6 Å². The molecular weight excluding hydrogens is 675 g/mol. The number of rotatable bonds is 8. The number of halogens is 1. The largest absolute Gasteiger partial charge is 0.497 e. The summed E-state index contributed by atoms with van der Waals surface area (Å²) < 4.78 is 16.8. The van der Waals surface area contributed by atoms with Gasteiger partial charge in [0.1, 0.15) is 17.5 Å². The first kappa shape index (κ1) is 30.8. The molecule has 0 N–H and O–H groups in total. The maximum Gasteiger partial charge on any atom is 0.271 e. The zero-order valence-electron chi connectivity index (χ0n) is 25.4. The maximum absolute atomic E-state index is 14.3. The van der Waals surface area contributed by atoms with Crippen molar-refractivity contribution in [2.75, 3.05) is 27.3 Å². The first-order valence-electron chi connectivity index (χ1n) is 14.1. The van der Waals surface area contributed by atoms with Crippen molar-refractivity contribution in [2.45, 2.75) is 40.7 Å². The molecule has 4 aromatic rings. The summed E-state index contributed by atoms with van der Waals surface area (Å²) in [6, 6.07) is 15.2. The summed E-state index contributed by atoms with van der Waals surface area (Å²) in [7, 11) is 3.17. The number of amides is 1. The molecule has 8 nitrogen and oxygen atoms in total. The molecule has 0 radical (unpaired) electrons. The van der Waals surface area contributed by atoms with Crippen LogP contribution in [0.2, 0.25) is 0 Å². The molecule has 3 heterocycles. The van der Waals surface area contributed by atoms with Gasteiger partial charge in [-0.05, 0) is 117 Å². The first-order chi connectivity index (χ1) is 20.6. The Hall–Kier alpha value is -3.64. The number of aryl methyl sites for hydroxylation is 1. The summed E-state index contributed by atoms with van der Waals surface area (Å²) in [6.45, 7) is 10.9. The van der Waals surface area contributed by atoms with Crippen molar-refractivity contribution >= 4 is 45.9 Å². The predicted octanol–water partition coefficient (Wildman–Crippen LogP) is 5.13. The van der Waals surface area contributed by atoms with Crippen LogP contribution in [0.25, 0.3) is 11.8 Å². The number of benzene rings is 2. The number of carbonyl (C=O) groups is 1. The van der Waals surface area contributed by atoms with Gasteiger partial charge in [0.25, 0.3) is 11.5 Å². The standard InChI is InChI=1S/C33H35IN4O4S/c1-8-36(9-2)32(40)29-20(4)35-33-38(30(29)26-18-25(41-6)14-15-27(26)42-7)31(39)28(43-33)17-22-16-19(3)37(21(22)5)24-12-10-23(34)11-13-24/h10-18,30H,8-9H2,1-7H3/b28-17+/t30-/m0/s1. The Morgan fingerprint density at radius 1 is 1.05 bits per heavy atom. The van der Waals surface area contributed by atoms with Crippen LogP contribution in [0.5, 0.6) is 11.5 Å². The Kier molecular flexibility index (Phi) is 8.98. The minimum absolute atomic E-state index is 0.156. The van der Waals surface area contributed by atoms with E-state index < -0.39 is 6.04 Å². The van der Waals surface area contributed by atoms with E-state index in [1.807, 2.05) is 32.9 Å². The summed E-state index contributed by atoms with van der Waals surface area (Å²) >= 11 is 3.63. The lowest BCUT2D eigenvalue weighted by Gasteiger charge is -2.30. The van der Waals surface area contributed by atoms with Crippen molar-refractivity contribution in [3.63, 3.8) is 0 Å². The Bertz CT molecular complexity index is 1910. The average molecular weight is 711 g/mol. The lowest BCUT2D eigenvalue weighted by atomic mass is 9.93. The highest BCUT2D eigenvalue weighted by Crippen LogP contribution is 2.38. The van der Waals surface area contributed by atoms with Crippen LogP contribution in [-0.4, -0.2) is 47.3 Å². The first-order valence-corrected chi connectivity index (χ1v) is 16.0. The molecule has 2 aromatic carbocycles. The Balaban J connectivity index is 1.74. The Labute approximate surface area is 268 Å². The topological polar surface area (TPSA) is 78.1 Å². The highest BCUT2D eigenvalue weighted by Gasteiger charge is 2.36. The van der Waals surface area contributed by atoms with Gasteiger partial charge in [-0.2, -0.15) is 0 Å². The van der Waals surface area contributed by atoms with Crippen molar-refractivity contribution in [1.82, 2.24) is 14.0 Å². The van der Waals surface area contributed by atoms with E-state index in [4.69, 9.17) is 14.5 Å². The molecule has 224 valence electrons. The highest BCUT2D eigenvalue weighted by molar-refractivity contribution is 14.1. The lowest BCUT2D eigenvalue weighted by molar-refractivity contribution is -0.127. The molecule has 0 bridgehead atoms. The molecule has 5 rings (SSSR count). The normalized spacial score (nSPS) is 14.9. The zero-order valence-corrected chi connectivity index (χ0v) is 28.4. The second-order valence-corrected chi connectivity index (χ2v) is 12.6. The number of nitrogens with zero attached hydrogens (tertiary/aromatic N) is 4. The van der Waals surface area contributed by atoms with Crippen molar-refractivity contribution in [3.8, 4) is 17.2 Å². The van der Waals surface area contributed by atoms with Gasteiger partial charge in [0.15, 0.2) is 4.80 Å². The van der Waals surface area contributed by atoms with Gasteiger partial charge in [0, 0.05) is 39.3 Å². The van der Waals surface area contributed by atoms with Crippen LogP contribution < -0.4 is 24.4 Å². The third-order valence-electron chi connectivity index (χ3n) is 7.88. The van der Waals surface area contributed by atoms with Gasteiger partial charge < -0.3 is 18.9 Å². The minimum atomic E-state index is -0.740. The molecule has 0 fully saturated rings. The van der Waals surface area contributed by atoms with Crippen LogP contribution in [0.4, 0.5) is 0 Å². The third-order valence-corrected chi connectivity index (χ3v) is 9.58. The molecule has 1 amide bonds. The summed E-state index contributed by atoms with van der Waals surface area (Å²) in [5.41, 5.74) is 5.60. The van der Waals surface area contributed by atoms with Crippen LogP contribution in [-0.2, 0) is 4.79 Å². The van der Waals surface area contributed by atoms with Gasteiger partial charge in [0.2, 0.25) is 0 Å². The van der Waals surface area contributed by atoms with E-state index in [0.29, 0.717) is 50.8 Å². The van der Waals surface area contributed by atoms with E-state index in [9.17, 15) is 9.59 Å². The summed E-state index contributed by atoms with van der Waals surface area (Å²) in [5.74, 6) is 1.00. The fourth-order valence-corrected chi connectivity index (χ4v) is 7.08. The van der Waals surface area contributed by atoms with E-state index in [2.05, 4.69) is 71.3 Å². The molecule has 1 aliphatic rings. The average Bonchev–Trinajstić information content (AvgIpc) is 3.46. The molecule has 10 heteroatoms. The molecule has 0 saturated heterocycles. The minimum Gasteiger partial charge on any atom is -0.497 e. The fraction of sp³-hybridized carbons (Fsp3) is 0.303. The maximum atomic E-state index is 14.3. The number of aromatic nitrogens is 2. The SMILES string of the molecule is CCN(CC)C(=O)C1=C(C)N=c2s/c(=C/c3cc(C)n(-c4ccc(I)cc4)c3C)c(=O)n2[C@H]1c1cc(OC)ccc1OC. The van der Waals surface area contributed by atoms with Crippen LogP contribution in [0.3, 0.4) is 0 Å². The summed E-state index contributed by atoms with van der Waals surface area (Å²) in [4.78, 5) is 35.4. The molecule has 2 aromatic heterocycles. The second kappa shape index (κ2) is 12.5. The fourth-order valence-electron chi connectivity index (χ4n) is 5.69. The van der Waals surface area contributed by atoms with E-state index in [1.165, 1.54) is 14.9 Å². The lowest BCUT2D eigenvalue weighted by Crippen LogP contribution is -2.43. The van der Waals surface area contributed by atoms with Gasteiger partial charge in [0.05, 0.1) is 30.0 Å². The monoisotopic (exact) mass is 710 g/mol. The van der Waals surface area contributed by atoms with Crippen molar-refractivity contribution in [1.29, 1.82) is 0 Å². The molecule has 0 unspecified atom stereocenters. The zero-order chi connectivity index (χ0) is 31.0. The molecular formula is C33H35IN4O4S. The van der Waals surface area contributed by atoms with E-state index >= 15 is 0 Å². The van der Waals surface area contributed by atoms with Gasteiger partial charge in [-0.1, -0.05) is 11.3 Å². The molecule has 43 heavy (non-hydrogen) atoms.